The summed E-state index contributed by atoms with van der Waals surface area (Å²) in [6, 6.07) is 0. The maximum absolute atomic E-state index is 5.16. The summed E-state index contributed by atoms with van der Waals surface area (Å²) >= 11 is 0. The van der Waals surface area contributed by atoms with Gasteiger partial charge in [-0.3, -0.25) is 0 Å². The summed E-state index contributed by atoms with van der Waals surface area (Å²) in [6.45, 7) is 12.1. The second-order valence-electron chi connectivity index (χ2n) is 6.31. The first-order chi connectivity index (χ1) is 9.29. The smallest absolute Gasteiger partial charge is 0.138 e. The first-order valence-electron chi connectivity index (χ1n) is 7.09. The van der Waals surface area contributed by atoms with Crippen LogP contribution in [0.4, 0.5) is 11.6 Å². The van der Waals surface area contributed by atoms with E-state index in [0.717, 1.165) is 36.2 Å². The van der Waals surface area contributed by atoms with Crippen LogP contribution in [0.3, 0.4) is 0 Å². The zero-order chi connectivity index (χ0) is 15.3. The largest absolute Gasteiger partial charge is 0.384 e. The van der Waals surface area contributed by atoms with Gasteiger partial charge in [0.1, 0.15) is 17.5 Å². The third kappa shape index (κ3) is 4.34. The fourth-order valence-corrected chi connectivity index (χ4v) is 1.88. The van der Waals surface area contributed by atoms with Gasteiger partial charge >= 0.3 is 0 Å². The van der Waals surface area contributed by atoms with Crippen LogP contribution < -0.4 is 10.6 Å². The summed E-state index contributed by atoms with van der Waals surface area (Å²) in [5, 5.41) is 6.56. The minimum Gasteiger partial charge on any atom is -0.384 e. The van der Waals surface area contributed by atoms with Crippen molar-refractivity contribution in [2.75, 3.05) is 37.9 Å². The Kier molecular flexibility index (Phi) is 5.74. The zero-order valence-corrected chi connectivity index (χ0v) is 13.8. The van der Waals surface area contributed by atoms with Crippen molar-refractivity contribution in [1.29, 1.82) is 0 Å². The van der Waals surface area contributed by atoms with Crippen molar-refractivity contribution < 1.29 is 4.74 Å². The molecule has 0 fully saturated rings. The molecule has 0 spiro atoms. The van der Waals surface area contributed by atoms with E-state index in [9.17, 15) is 0 Å². The molecule has 1 rings (SSSR count). The van der Waals surface area contributed by atoms with E-state index in [-0.39, 0.29) is 5.41 Å². The molecule has 114 valence electrons. The zero-order valence-electron chi connectivity index (χ0n) is 13.8. The van der Waals surface area contributed by atoms with Crippen LogP contribution in [0.2, 0.25) is 0 Å². The van der Waals surface area contributed by atoms with Crippen molar-refractivity contribution in [1.82, 2.24) is 9.97 Å². The van der Waals surface area contributed by atoms with Crippen molar-refractivity contribution in [3.05, 3.63) is 11.4 Å². The van der Waals surface area contributed by atoms with E-state index in [2.05, 4.69) is 48.3 Å². The van der Waals surface area contributed by atoms with Gasteiger partial charge in [-0.05, 0) is 12.8 Å². The van der Waals surface area contributed by atoms with Crippen molar-refractivity contribution in [2.24, 2.45) is 5.92 Å². The summed E-state index contributed by atoms with van der Waals surface area (Å²) in [5.74, 6) is 3.06. The molecule has 1 unspecified atom stereocenters. The average molecular weight is 280 g/mol. The Morgan fingerprint density at radius 2 is 1.80 bits per heavy atom. The lowest BCUT2D eigenvalue weighted by Crippen LogP contribution is -2.21. The number of methoxy groups -OCH3 is 1. The van der Waals surface area contributed by atoms with Gasteiger partial charge in [0, 0.05) is 31.7 Å². The number of nitrogens with one attached hydrogen (secondary N) is 2. The Labute approximate surface area is 122 Å². The Hall–Kier alpha value is -1.36. The molecule has 0 aliphatic heterocycles. The lowest BCUT2D eigenvalue weighted by Gasteiger charge is -2.21. The van der Waals surface area contributed by atoms with Gasteiger partial charge in [0.05, 0.1) is 6.61 Å². The van der Waals surface area contributed by atoms with Crippen molar-refractivity contribution in [3.8, 4) is 0 Å². The summed E-state index contributed by atoms with van der Waals surface area (Å²) in [6.07, 6.45) is 0. The quantitative estimate of drug-likeness (QED) is 0.839. The molecular weight excluding hydrogens is 252 g/mol. The van der Waals surface area contributed by atoms with Crippen LogP contribution in [-0.2, 0) is 10.2 Å². The topological polar surface area (TPSA) is 59.1 Å². The molecule has 0 amide bonds. The van der Waals surface area contributed by atoms with E-state index in [1.807, 2.05) is 14.0 Å². The molecule has 2 N–H and O–H groups in total. The first-order valence-corrected chi connectivity index (χ1v) is 7.09. The SMILES string of the molecule is CNc1nc(C(C)(C)C)nc(NCC(C)COC)c1C. The highest BCUT2D eigenvalue weighted by Crippen LogP contribution is 2.26. The van der Waals surface area contributed by atoms with Gasteiger partial charge in [-0.15, -0.1) is 0 Å². The summed E-state index contributed by atoms with van der Waals surface area (Å²) in [7, 11) is 3.61. The Balaban J connectivity index is 2.99. The van der Waals surface area contributed by atoms with E-state index < -0.39 is 0 Å². The van der Waals surface area contributed by atoms with Crippen molar-refractivity contribution >= 4 is 11.6 Å². The lowest BCUT2D eigenvalue weighted by atomic mass is 9.95. The van der Waals surface area contributed by atoms with E-state index >= 15 is 0 Å². The minimum atomic E-state index is -0.0755. The molecule has 1 atom stereocenters. The summed E-state index contributed by atoms with van der Waals surface area (Å²) in [4.78, 5) is 9.28. The molecule has 0 bridgehead atoms. The molecule has 0 aliphatic carbocycles. The predicted molar refractivity (Wildman–Crippen MR) is 84.5 cm³/mol. The minimum absolute atomic E-state index is 0.0755. The van der Waals surface area contributed by atoms with E-state index in [1.165, 1.54) is 0 Å². The van der Waals surface area contributed by atoms with Gasteiger partial charge < -0.3 is 15.4 Å². The number of hydrogen-bond acceptors (Lipinski definition) is 5. The van der Waals surface area contributed by atoms with E-state index in [1.54, 1.807) is 7.11 Å². The van der Waals surface area contributed by atoms with Crippen molar-refractivity contribution in [3.63, 3.8) is 0 Å². The fraction of sp³-hybridized carbons (Fsp3) is 0.733. The fourth-order valence-electron chi connectivity index (χ4n) is 1.88. The normalized spacial score (nSPS) is 13.2. The van der Waals surface area contributed by atoms with E-state index in [0.29, 0.717) is 5.92 Å². The van der Waals surface area contributed by atoms with E-state index in [4.69, 9.17) is 4.74 Å². The highest BCUT2D eigenvalue weighted by molar-refractivity contribution is 5.57. The Morgan fingerprint density at radius 1 is 1.20 bits per heavy atom. The number of rotatable bonds is 6. The van der Waals surface area contributed by atoms with Gasteiger partial charge in [0.2, 0.25) is 0 Å². The summed E-state index contributed by atoms with van der Waals surface area (Å²) in [5.41, 5.74) is 0.971. The molecule has 20 heavy (non-hydrogen) atoms. The number of hydrogen-bond donors (Lipinski definition) is 2. The third-order valence-corrected chi connectivity index (χ3v) is 3.12. The highest BCUT2D eigenvalue weighted by atomic mass is 16.5. The molecule has 0 aliphatic rings. The molecule has 5 heteroatoms. The molecule has 0 saturated carbocycles. The van der Waals surface area contributed by atoms with Gasteiger partial charge in [0.15, 0.2) is 0 Å². The maximum Gasteiger partial charge on any atom is 0.138 e. The molecule has 1 aromatic rings. The second-order valence-corrected chi connectivity index (χ2v) is 6.31. The van der Waals surface area contributed by atoms with Gasteiger partial charge in [-0.2, -0.15) is 0 Å². The number of aromatic nitrogens is 2. The highest BCUT2D eigenvalue weighted by Gasteiger charge is 2.21. The Bertz CT molecular complexity index is 440. The molecular formula is C15H28N4O. The average Bonchev–Trinajstić information content (AvgIpc) is 2.36. The monoisotopic (exact) mass is 280 g/mol. The predicted octanol–water partition coefficient (Wildman–Crippen LogP) is 2.82. The standard InChI is InChI=1S/C15H28N4O/c1-10(9-20-7)8-17-13-11(2)12(16-6)18-14(19-13)15(3,4)5/h10H,8-9H2,1-7H3,(H2,16,17,18,19). The molecule has 0 radical (unpaired) electrons. The van der Waals surface area contributed by atoms with Crippen LogP contribution >= 0.6 is 0 Å². The van der Waals surface area contributed by atoms with Crippen LogP contribution in [0, 0.1) is 12.8 Å². The van der Waals surface area contributed by atoms with Gasteiger partial charge in [0.25, 0.3) is 0 Å². The molecule has 0 saturated heterocycles. The van der Waals surface area contributed by atoms with Crippen LogP contribution in [0.5, 0.6) is 0 Å². The van der Waals surface area contributed by atoms with Gasteiger partial charge in [-0.1, -0.05) is 27.7 Å². The lowest BCUT2D eigenvalue weighted by molar-refractivity contribution is 0.164. The number of ether oxygens (including phenoxy) is 1. The van der Waals surface area contributed by atoms with Crippen molar-refractivity contribution in [2.45, 2.75) is 40.0 Å². The first kappa shape index (κ1) is 16.7. The molecule has 1 heterocycles. The van der Waals surface area contributed by atoms with Crippen LogP contribution in [-0.4, -0.2) is 37.3 Å². The van der Waals surface area contributed by atoms with Gasteiger partial charge in [-0.25, -0.2) is 9.97 Å². The Morgan fingerprint density at radius 3 is 2.30 bits per heavy atom. The second kappa shape index (κ2) is 6.88. The maximum atomic E-state index is 5.16. The molecule has 0 aromatic carbocycles. The third-order valence-electron chi connectivity index (χ3n) is 3.12. The van der Waals surface area contributed by atoms with Crippen LogP contribution in [0.15, 0.2) is 0 Å². The van der Waals surface area contributed by atoms with Crippen LogP contribution in [0.1, 0.15) is 39.1 Å². The number of anilines is 2. The summed E-state index contributed by atoms with van der Waals surface area (Å²) < 4.78 is 5.16. The molecule has 5 nitrogen and oxygen atoms in total. The van der Waals surface area contributed by atoms with Crippen LogP contribution in [0.25, 0.3) is 0 Å². The number of nitrogens with zero attached hydrogens (tertiary/aromatic N) is 2. The molecule has 1 aromatic heterocycles.